The van der Waals surface area contributed by atoms with E-state index < -0.39 is 0 Å². The summed E-state index contributed by atoms with van der Waals surface area (Å²) in [5.41, 5.74) is 2.96. The number of fused-ring (bicyclic) bond motifs is 2. The van der Waals surface area contributed by atoms with Gasteiger partial charge in [0.15, 0.2) is 5.76 Å². The summed E-state index contributed by atoms with van der Waals surface area (Å²) in [5.74, 6) is 0.790. The average Bonchev–Trinajstić information content (AvgIpc) is 2.80. The summed E-state index contributed by atoms with van der Waals surface area (Å²) in [6, 6.07) is 22.7. The normalized spacial score (nSPS) is 11.7. The Hall–Kier alpha value is -3.99. The second-order valence-corrected chi connectivity index (χ2v) is 8.71. The molecule has 158 valence electrons. The zero-order valence-electron chi connectivity index (χ0n) is 18.1. The Balaban J connectivity index is 1.72. The van der Waals surface area contributed by atoms with Crippen molar-refractivity contribution in [3.05, 3.63) is 94.9 Å². The summed E-state index contributed by atoms with van der Waals surface area (Å²) < 4.78 is 12.4. The molecule has 0 spiro atoms. The molecule has 2 heterocycles. The van der Waals surface area contributed by atoms with Gasteiger partial charge in [-0.2, -0.15) is 0 Å². The number of aromatic nitrogens is 2. The summed E-state index contributed by atoms with van der Waals surface area (Å²) in [5, 5.41) is 1.17. The van der Waals surface area contributed by atoms with Crippen LogP contribution < -0.4 is 10.2 Å². The van der Waals surface area contributed by atoms with Gasteiger partial charge in [0.05, 0.1) is 16.3 Å². The first-order valence-corrected chi connectivity index (χ1v) is 10.5. The van der Waals surface area contributed by atoms with Gasteiger partial charge >= 0.3 is 0 Å². The number of hydrogen-bond acceptors (Lipinski definition) is 5. The van der Waals surface area contributed by atoms with Crippen LogP contribution >= 0.6 is 0 Å². The first kappa shape index (κ1) is 19.9. The number of nitrogens with zero attached hydrogens (tertiary/aromatic N) is 2. The largest absolute Gasteiger partial charge is 0.452 e. The van der Waals surface area contributed by atoms with Crippen molar-refractivity contribution in [3.63, 3.8) is 0 Å². The minimum atomic E-state index is -0.246. The zero-order chi connectivity index (χ0) is 22.3. The van der Waals surface area contributed by atoms with Crippen molar-refractivity contribution >= 4 is 21.9 Å². The molecular weight excluding hydrogens is 400 g/mol. The molecule has 0 saturated carbocycles. The molecular formula is C27H22N2O3. The zero-order valence-corrected chi connectivity index (χ0v) is 18.1. The van der Waals surface area contributed by atoms with Crippen LogP contribution in [0, 0.1) is 0 Å². The molecule has 0 fully saturated rings. The summed E-state index contributed by atoms with van der Waals surface area (Å²) >= 11 is 0. The van der Waals surface area contributed by atoms with Crippen LogP contribution in [0.4, 0.5) is 0 Å². The van der Waals surface area contributed by atoms with E-state index in [0.717, 1.165) is 16.5 Å². The van der Waals surface area contributed by atoms with Gasteiger partial charge in [-0.1, -0.05) is 69.3 Å². The number of benzene rings is 3. The lowest BCUT2D eigenvalue weighted by atomic mass is 9.86. The Bertz CT molecular complexity index is 1490. The molecule has 0 N–H and O–H groups in total. The molecule has 0 unspecified atom stereocenters. The fourth-order valence-corrected chi connectivity index (χ4v) is 3.69. The van der Waals surface area contributed by atoms with Crippen molar-refractivity contribution in [2.75, 3.05) is 0 Å². The Labute approximate surface area is 185 Å². The van der Waals surface area contributed by atoms with E-state index >= 15 is 0 Å². The highest BCUT2D eigenvalue weighted by Gasteiger charge is 2.21. The van der Waals surface area contributed by atoms with Crippen LogP contribution in [0.3, 0.4) is 0 Å². The minimum Gasteiger partial charge on any atom is -0.452 e. The topological polar surface area (TPSA) is 65.2 Å². The van der Waals surface area contributed by atoms with Crippen LogP contribution in [-0.2, 0) is 5.41 Å². The molecule has 0 saturated heterocycles. The third-order valence-electron chi connectivity index (χ3n) is 5.47. The second-order valence-electron chi connectivity index (χ2n) is 8.71. The van der Waals surface area contributed by atoms with Crippen LogP contribution in [0.25, 0.3) is 33.2 Å². The molecule has 0 aliphatic heterocycles. The van der Waals surface area contributed by atoms with E-state index in [1.165, 1.54) is 11.9 Å². The van der Waals surface area contributed by atoms with Gasteiger partial charge in [0.2, 0.25) is 17.1 Å². The molecule has 0 aliphatic carbocycles. The summed E-state index contributed by atoms with van der Waals surface area (Å²) in [4.78, 5) is 22.0. The van der Waals surface area contributed by atoms with E-state index in [2.05, 4.69) is 30.7 Å². The first-order valence-electron chi connectivity index (χ1n) is 10.5. The monoisotopic (exact) mass is 422 g/mol. The highest BCUT2D eigenvalue weighted by atomic mass is 16.5. The van der Waals surface area contributed by atoms with E-state index in [-0.39, 0.29) is 16.6 Å². The smallest absolute Gasteiger partial charge is 0.235 e. The maximum atomic E-state index is 13.5. The molecule has 3 aromatic carbocycles. The van der Waals surface area contributed by atoms with Crippen molar-refractivity contribution in [2.45, 2.75) is 26.2 Å². The Kier molecular flexibility index (Phi) is 4.74. The summed E-state index contributed by atoms with van der Waals surface area (Å²) in [6.45, 7) is 6.48. The highest BCUT2D eigenvalue weighted by molar-refractivity contribution is 5.85. The molecule has 0 bridgehead atoms. The highest BCUT2D eigenvalue weighted by Crippen LogP contribution is 2.35. The minimum absolute atomic E-state index is 0.0158. The van der Waals surface area contributed by atoms with Crippen LogP contribution in [0.5, 0.6) is 11.6 Å². The van der Waals surface area contributed by atoms with Gasteiger partial charge in [0.25, 0.3) is 0 Å². The third kappa shape index (κ3) is 3.52. The van der Waals surface area contributed by atoms with E-state index in [9.17, 15) is 4.79 Å². The Morgan fingerprint density at radius 2 is 1.50 bits per heavy atom. The van der Waals surface area contributed by atoms with Gasteiger partial charge in [-0.05, 0) is 35.2 Å². The van der Waals surface area contributed by atoms with Crippen LogP contribution in [-0.4, -0.2) is 9.97 Å². The molecule has 5 rings (SSSR count). The molecule has 5 heteroatoms. The van der Waals surface area contributed by atoms with Crippen LogP contribution in [0.1, 0.15) is 26.3 Å². The predicted molar refractivity (Wildman–Crippen MR) is 126 cm³/mol. The van der Waals surface area contributed by atoms with Gasteiger partial charge in [-0.25, -0.2) is 9.97 Å². The second kappa shape index (κ2) is 7.61. The fraction of sp³-hybridized carbons (Fsp3) is 0.148. The van der Waals surface area contributed by atoms with E-state index in [1.807, 2.05) is 54.6 Å². The van der Waals surface area contributed by atoms with Crippen molar-refractivity contribution in [2.24, 2.45) is 0 Å². The summed E-state index contributed by atoms with van der Waals surface area (Å²) in [7, 11) is 0. The Morgan fingerprint density at radius 3 is 2.25 bits per heavy atom. The third-order valence-corrected chi connectivity index (χ3v) is 5.47. The Morgan fingerprint density at radius 1 is 0.812 bits per heavy atom. The number of hydrogen-bond donors (Lipinski definition) is 0. The molecule has 0 atom stereocenters. The molecule has 5 nitrogen and oxygen atoms in total. The van der Waals surface area contributed by atoms with Crippen molar-refractivity contribution < 1.29 is 9.15 Å². The molecule has 5 aromatic rings. The van der Waals surface area contributed by atoms with E-state index in [0.29, 0.717) is 22.6 Å². The number of ether oxygens (including phenoxy) is 1. The quantitative estimate of drug-likeness (QED) is 0.332. The maximum Gasteiger partial charge on any atom is 0.235 e. The number of para-hydroxylation sites is 2. The summed E-state index contributed by atoms with van der Waals surface area (Å²) in [6.07, 6.45) is 1.43. The standard InChI is InChI=1S/C27H22N2O3/c1-27(2,3)18-14-12-17(13-15-18)24-25(23(30)20-9-5-7-11-22(20)31-24)32-26-19-8-4-6-10-21(19)28-16-29-26/h4-16H,1-3H3. The van der Waals surface area contributed by atoms with Gasteiger partial charge in [-0.3, -0.25) is 4.79 Å². The molecule has 0 aliphatic rings. The van der Waals surface area contributed by atoms with E-state index in [1.54, 1.807) is 18.2 Å². The number of rotatable bonds is 3. The van der Waals surface area contributed by atoms with Crippen LogP contribution in [0.2, 0.25) is 0 Å². The lowest BCUT2D eigenvalue weighted by molar-refractivity contribution is 0.446. The van der Waals surface area contributed by atoms with Gasteiger partial charge in [0.1, 0.15) is 11.9 Å². The molecule has 0 amide bonds. The van der Waals surface area contributed by atoms with Crippen molar-refractivity contribution in [3.8, 4) is 23.0 Å². The first-order chi connectivity index (χ1) is 15.4. The van der Waals surface area contributed by atoms with E-state index in [4.69, 9.17) is 9.15 Å². The lowest BCUT2D eigenvalue weighted by Gasteiger charge is -2.19. The molecule has 0 radical (unpaired) electrons. The SMILES string of the molecule is CC(C)(C)c1ccc(-c2oc3ccccc3c(=O)c2Oc2ncnc3ccccc23)cc1. The maximum absolute atomic E-state index is 13.5. The van der Waals surface area contributed by atoms with Gasteiger partial charge < -0.3 is 9.15 Å². The molecule has 32 heavy (non-hydrogen) atoms. The molecule has 2 aromatic heterocycles. The van der Waals surface area contributed by atoms with Crippen LogP contribution in [0.15, 0.2) is 88.3 Å². The average molecular weight is 422 g/mol. The van der Waals surface area contributed by atoms with Crippen molar-refractivity contribution in [1.82, 2.24) is 9.97 Å². The van der Waals surface area contributed by atoms with Crippen molar-refractivity contribution in [1.29, 1.82) is 0 Å². The van der Waals surface area contributed by atoms with Gasteiger partial charge in [-0.15, -0.1) is 0 Å². The predicted octanol–water partition coefficient (Wildman–Crippen LogP) is 6.49. The van der Waals surface area contributed by atoms with Gasteiger partial charge in [0, 0.05) is 5.56 Å². The fourth-order valence-electron chi connectivity index (χ4n) is 3.69. The lowest BCUT2D eigenvalue weighted by Crippen LogP contribution is -2.11.